The van der Waals surface area contributed by atoms with Crippen LogP contribution in [0.2, 0.25) is 0 Å². The number of benzene rings is 1. The minimum atomic E-state index is -0.854. The lowest BCUT2D eigenvalue weighted by Gasteiger charge is -2.39. The highest BCUT2D eigenvalue weighted by Gasteiger charge is 2.40. The fourth-order valence-electron chi connectivity index (χ4n) is 3.11. The Morgan fingerprint density at radius 2 is 2.08 bits per heavy atom. The number of ether oxygens (including phenoxy) is 1. The number of likely N-dealkylation sites (tertiary alicyclic amines) is 1. The molecule has 0 aliphatic carbocycles. The number of aliphatic carboxylic acids is 1. The van der Waals surface area contributed by atoms with Crippen LogP contribution in [0.1, 0.15) is 24.4 Å². The lowest BCUT2D eigenvalue weighted by molar-refractivity contribution is -0.152. The number of para-hydroxylation sites is 1. The zero-order valence-corrected chi connectivity index (χ0v) is 13.9. The number of hydrogen-bond acceptors (Lipinski definition) is 4. The van der Waals surface area contributed by atoms with Crippen LogP contribution in [0.5, 0.6) is 5.75 Å². The molecule has 1 aliphatic rings. The van der Waals surface area contributed by atoms with Crippen molar-refractivity contribution in [2.24, 2.45) is 5.92 Å². The summed E-state index contributed by atoms with van der Waals surface area (Å²) in [5.41, 5.74) is 0.889. The molecule has 1 saturated heterocycles. The lowest BCUT2D eigenvalue weighted by atomic mass is 9.85. The monoisotopic (exact) mass is 345 g/mol. The molecule has 1 N–H and O–H groups in total. The molecule has 0 saturated carbocycles. The van der Waals surface area contributed by atoms with Gasteiger partial charge in [0.05, 0.1) is 18.5 Å². The summed E-state index contributed by atoms with van der Waals surface area (Å²) in [4.78, 5) is 25.7. The van der Waals surface area contributed by atoms with Crippen molar-refractivity contribution in [3.63, 3.8) is 0 Å². The predicted molar refractivity (Wildman–Crippen MR) is 91.1 cm³/mol. The van der Waals surface area contributed by atoms with E-state index >= 15 is 0 Å². The van der Waals surface area contributed by atoms with Gasteiger partial charge in [-0.05, 0) is 40.9 Å². The molecule has 5 nitrogen and oxygen atoms in total. The summed E-state index contributed by atoms with van der Waals surface area (Å²) in [6.45, 7) is 0.709. The third kappa shape index (κ3) is 3.59. The van der Waals surface area contributed by atoms with E-state index in [1.165, 1.54) is 11.3 Å². The van der Waals surface area contributed by atoms with Crippen molar-refractivity contribution >= 4 is 23.2 Å². The number of nitrogens with zero attached hydrogens (tertiary/aromatic N) is 1. The Balaban J connectivity index is 1.74. The van der Waals surface area contributed by atoms with Crippen LogP contribution in [-0.4, -0.2) is 35.0 Å². The van der Waals surface area contributed by atoms with Gasteiger partial charge < -0.3 is 14.7 Å². The van der Waals surface area contributed by atoms with Gasteiger partial charge in [-0.2, -0.15) is 11.3 Å². The molecule has 2 atom stereocenters. The Morgan fingerprint density at radius 1 is 1.29 bits per heavy atom. The molecular formula is C18H19NO4S. The molecule has 6 heteroatoms. The Kier molecular flexibility index (Phi) is 5.15. The van der Waals surface area contributed by atoms with Gasteiger partial charge in [-0.25, -0.2) is 0 Å². The number of thiophene rings is 1. The van der Waals surface area contributed by atoms with Crippen molar-refractivity contribution in [2.45, 2.75) is 18.9 Å². The second-order valence-electron chi connectivity index (χ2n) is 5.73. The first-order valence-electron chi connectivity index (χ1n) is 7.89. The summed E-state index contributed by atoms with van der Waals surface area (Å²) in [5, 5.41) is 13.4. The molecule has 1 fully saturated rings. The number of carboxylic acid groups (broad SMARTS) is 1. The maximum Gasteiger partial charge on any atom is 0.308 e. The zero-order chi connectivity index (χ0) is 16.9. The van der Waals surface area contributed by atoms with Gasteiger partial charge in [0.25, 0.3) is 0 Å². The molecule has 126 valence electrons. The Labute approximate surface area is 144 Å². The molecule has 1 aliphatic heterocycles. The molecule has 3 rings (SSSR count). The molecule has 0 spiro atoms. The first-order valence-corrected chi connectivity index (χ1v) is 8.83. The average Bonchev–Trinajstić information content (AvgIpc) is 3.11. The molecule has 2 heterocycles. The van der Waals surface area contributed by atoms with E-state index in [4.69, 9.17) is 4.74 Å². The van der Waals surface area contributed by atoms with E-state index in [1.54, 1.807) is 4.90 Å². The number of carboxylic acids is 1. The van der Waals surface area contributed by atoms with Gasteiger partial charge in [0, 0.05) is 6.42 Å². The summed E-state index contributed by atoms with van der Waals surface area (Å²) < 4.78 is 5.68. The molecule has 1 aromatic heterocycles. The summed E-state index contributed by atoms with van der Waals surface area (Å²) in [6.07, 6.45) is 0.646. The molecule has 0 unspecified atom stereocenters. The maximum atomic E-state index is 12.4. The smallest absolute Gasteiger partial charge is 0.308 e. The number of rotatable bonds is 6. The van der Waals surface area contributed by atoms with Gasteiger partial charge in [-0.3, -0.25) is 9.59 Å². The van der Waals surface area contributed by atoms with Crippen LogP contribution in [0.4, 0.5) is 0 Å². The molecule has 0 bridgehead atoms. The van der Waals surface area contributed by atoms with Crippen molar-refractivity contribution in [2.75, 3.05) is 13.2 Å². The van der Waals surface area contributed by atoms with E-state index < -0.39 is 17.9 Å². The normalized spacial score (nSPS) is 20.8. The molecular weight excluding hydrogens is 326 g/mol. The largest absolute Gasteiger partial charge is 0.492 e. The van der Waals surface area contributed by atoms with Crippen molar-refractivity contribution < 1.29 is 19.4 Å². The van der Waals surface area contributed by atoms with Gasteiger partial charge >= 0.3 is 5.97 Å². The van der Waals surface area contributed by atoms with Crippen LogP contribution >= 0.6 is 11.3 Å². The van der Waals surface area contributed by atoms with Gasteiger partial charge in [0.15, 0.2) is 0 Å². The van der Waals surface area contributed by atoms with Crippen LogP contribution < -0.4 is 4.74 Å². The van der Waals surface area contributed by atoms with Crippen LogP contribution in [0.25, 0.3) is 0 Å². The molecule has 0 radical (unpaired) electrons. The van der Waals surface area contributed by atoms with Gasteiger partial charge in [-0.15, -0.1) is 0 Å². The third-order valence-corrected chi connectivity index (χ3v) is 4.95. The minimum absolute atomic E-state index is 0.0136. The Morgan fingerprint density at radius 3 is 2.75 bits per heavy atom. The van der Waals surface area contributed by atoms with Gasteiger partial charge in [0.2, 0.25) is 5.91 Å². The number of carbonyl (C=O) groups is 2. The standard InChI is InChI=1S/C18H19NO4S/c20-16-7-6-15(18(21)22)17(13-8-11-24-12-13)19(16)9-10-23-14-4-2-1-3-5-14/h1-5,8,11-12,15,17H,6-7,9-10H2,(H,21,22)/t15-,17-/m1/s1. The third-order valence-electron chi connectivity index (χ3n) is 4.25. The number of amides is 1. The Bertz CT molecular complexity index is 686. The molecule has 24 heavy (non-hydrogen) atoms. The van der Waals surface area contributed by atoms with E-state index in [9.17, 15) is 14.7 Å². The van der Waals surface area contributed by atoms with Crippen LogP contribution in [0.3, 0.4) is 0 Å². The topological polar surface area (TPSA) is 66.8 Å². The highest BCUT2D eigenvalue weighted by Crippen LogP contribution is 2.37. The van der Waals surface area contributed by atoms with E-state index in [2.05, 4.69) is 0 Å². The summed E-state index contributed by atoms with van der Waals surface area (Å²) in [7, 11) is 0. The number of piperidine rings is 1. The maximum absolute atomic E-state index is 12.4. The minimum Gasteiger partial charge on any atom is -0.492 e. The SMILES string of the molecule is O=C(O)[C@@H]1CCC(=O)N(CCOc2ccccc2)[C@@H]1c1ccsc1. The quantitative estimate of drug-likeness (QED) is 0.873. The first kappa shape index (κ1) is 16.5. The van der Waals surface area contributed by atoms with Crippen molar-refractivity contribution in [3.8, 4) is 5.75 Å². The summed E-state index contributed by atoms with van der Waals surface area (Å²) in [6, 6.07) is 10.9. The summed E-state index contributed by atoms with van der Waals surface area (Å²) in [5.74, 6) is -0.703. The summed E-state index contributed by atoms with van der Waals surface area (Å²) >= 11 is 1.51. The zero-order valence-electron chi connectivity index (χ0n) is 13.1. The van der Waals surface area contributed by atoms with Crippen molar-refractivity contribution in [1.82, 2.24) is 4.90 Å². The predicted octanol–water partition coefficient (Wildman–Crippen LogP) is 3.19. The highest BCUT2D eigenvalue weighted by atomic mass is 32.1. The molecule has 1 aromatic carbocycles. The second-order valence-corrected chi connectivity index (χ2v) is 6.51. The fraction of sp³-hybridized carbons (Fsp3) is 0.333. The fourth-order valence-corrected chi connectivity index (χ4v) is 3.80. The van der Waals surface area contributed by atoms with Gasteiger partial charge in [0.1, 0.15) is 12.4 Å². The van der Waals surface area contributed by atoms with Crippen LogP contribution in [0.15, 0.2) is 47.2 Å². The average molecular weight is 345 g/mol. The Hall–Kier alpha value is -2.34. The van der Waals surface area contributed by atoms with Crippen LogP contribution in [0, 0.1) is 5.92 Å². The number of carbonyl (C=O) groups excluding carboxylic acids is 1. The van der Waals surface area contributed by atoms with E-state index in [-0.39, 0.29) is 12.3 Å². The highest BCUT2D eigenvalue weighted by molar-refractivity contribution is 7.08. The molecule has 2 aromatic rings. The van der Waals surface area contributed by atoms with E-state index in [1.807, 2.05) is 47.2 Å². The van der Waals surface area contributed by atoms with E-state index in [0.717, 1.165) is 11.3 Å². The van der Waals surface area contributed by atoms with Crippen molar-refractivity contribution in [1.29, 1.82) is 0 Å². The number of hydrogen-bond donors (Lipinski definition) is 1. The molecule has 1 amide bonds. The second kappa shape index (κ2) is 7.49. The lowest BCUT2D eigenvalue weighted by Crippen LogP contribution is -2.46. The first-order chi connectivity index (χ1) is 11.7. The van der Waals surface area contributed by atoms with Crippen LogP contribution in [-0.2, 0) is 9.59 Å². The van der Waals surface area contributed by atoms with Gasteiger partial charge in [-0.1, -0.05) is 18.2 Å². The van der Waals surface area contributed by atoms with Crippen molar-refractivity contribution in [3.05, 3.63) is 52.7 Å². The van der Waals surface area contributed by atoms with E-state index in [0.29, 0.717) is 19.6 Å².